The number of hydrogen-bond donors (Lipinski definition) is 0. The zero-order valence-electron chi connectivity index (χ0n) is 9.87. The van der Waals surface area contributed by atoms with Gasteiger partial charge in [0.2, 0.25) is 10.0 Å². The van der Waals surface area contributed by atoms with Crippen molar-refractivity contribution in [1.29, 1.82) is 0 Å². The lowest BCUT2D eigenvalue weighted by atomic mass is 10.2. The molecule has 3 aliphatic rings. The van der Waals surface area contributed by atoms with Gasteiger partial charge in [-0.3, -0.25) is 0 Å². The molecule has 2 amide bonds. The van der Waals surface area contributed by atoms with Crippen molar-refractivity contribution in [3.05, 3.63) is 0 Å². The van der Waals surface area contributed by atoms with Gasteiger partial charge in [-0.05, 0) is 12.8 Å². The van der Waals surface area contributed by atoms with Crippen LogP contribution in [0.1, 0.15) is 12.8 Å². The van der Waals surface area contributed by atoms with E-state index in [0.29, 0.717) is 26.2 Å². The lowest BCUT2D eigenvalue weighted by Crippen LogP contribution is -2.54. The third-order valence-electron chi connectivity index (χ3n) is 3.81. The molecule has 0 aromatic carbocycles. The molecule has 6 nitrogen and oxygen atoms in total. The van der Waals surface area contributed by atoms with Gasteiger partial charge in [0.15, 0.2) is 0 Å². The molecule has 1 unspecified atom stereocenters. The highest BCUT2D eigenvalue weighted by atomic mass is 32.2. The Balaban J connectivity index is 1.75. The number of carbonyl (C=O) groups is 1. The van der Waals surface area contributed by atoms with Crippen molar-refractivity contribution in [3.63, 3.8) is 0 Å². The molecule has 0 bridgehead atoms. The molecule has 17 heavy (non-hydrogen) atoms. The highest BCUT2D eigenvalue weighted by molar-refractivity contribution is 7.90. The van der Waals surface area contributed by atoms with Gasteiger partial charge >= 0.3 is 6.03 Å². The van der Waals surface area contributed by atoms with Crippen molar-refractivity contribution in [3.8, 4) is 0 Å². The maximum absolute atomic E-state index is 12.1. The lowest BCUT2D eigenvalue weighted by molar-refractivity contribution is 0.161. The maximum atomic E-state index is 12.1. The van der Waals surface area contributed by atoms with Crippen LogP contribution in [0.4, 0.5) is 4.79 Å². The zero-order valence-corrected chi connectivity index (χ0v) is 10.7. The average molecular weight is 259 g/mol. The smallest absolute Gasteiger partial charge is 0.320 e. The fourth-order valence-corrected chi connectivity index (χ4v) is 4.53. The van der Waals surface area contributed by atoms with Gasteiger partial charge < -0.3 is 9.80 Å². The summed E-state index contributed by atoms with van der Waals surface area (Å²) < 4.78 is 25.8. The van der Waals surface area contributed by atoms with E-state index in [1.807, 2.05) is 0 Å². The number of rotatable bonds is 2. The van der Waals surface area contributed by atoms with E-state index in [4.69, 9.17) is 0 Å². The summed E-state index contributed by atoms with van der Waals surface area (Å²) >= 11 is 0. The van der Waals surface area contributed by atoms with Crippen molar-refractivity contribution >= 4 is 16.1 Å². The first-order valence-electron chi connectivity index (χ1n) is 6.01. The normalized spacial score (nSPS) is 30.9. The summed E-state index contributed by atoms with van der Waals surface area (Å²) in [4.78, 5) is 15.2. The molecule has 7 heteroatoms. The standard InChI is InChI=1S/C10H17N3O3S/c1-11-6-8-7-12(4-5-13(8)10(11)14)17(15,16)9-2-3-9/h8-9H,2-7H2,1H3. The van der Waals surface area contributed by atoms with Crippen molar-refractivity contribution in [2.75, 3.05) is 33.2 Å². The molecule has 2 heterocycles. The predicted molar refractivity (Wildman–Crippen MR) is 62.0 cm³/mol. The Kier molecular flexibility index (Phi) is 2.38. The number of urea groups is 1. The van der Waals surface area contributed by atoms with Gasteiger partial charge in [-0.2, -0.15) is 4.31 Å². The highest BCUT2D eigenvalue weighted by Gasteiger charge is 2.46. The summed E-state index contributed by atoms with van der Waals surface area (Å²) in [6, 6.07) is 0.0632. The van der Waals surface area contributed by atoms with Crippen LogP contribution in [0.2, 0.25) is 0 Å². The number of hydrogen-bond acceptors (Lipinski definition) is 3. The number of piperazine rings is 1. The quantitative estimate of drug-likeness (QED) is 0.673. The van der Waals surface area contributed by atoms with Crippen molar-refractivity contribution in [2.45, 2.75) is 24.1 Å². The molecule has 1 aliphatic carbocycles. The van der Waals surface area contributed by atoms with Crippen LogP contribution in [0, 0.1) is 0 Å². The highest BCUT2D eigenvalue weighted by Crippen LogP contribution is 2.32. The molecular formula is C10H17N3O3S. The second-order valence-corrected chi connectivity index (χ2v) is 7.33. The van der Waals surface area contributed by atoms with Crippen LogP contribution < -0.4 is 0 Å². The number of likely N-dealkylation sites (N-methyl/N-ethyl adjacent to an activating group) is 1. The Morgan fingerprint density at radius 2 is 1.88 bits per heavy atom. The lowest BCUT2D eigenvalue weighted by Gasteiger charge is -2.35. The van der Waals surface area contributed by atoms with E-state index in [2.05, 4.69) is 0 Å². The van der Waals surface area contributed by atoms with Crippen LogP contribution in [0.25, 0.3) is 0 Å². The maximum Gasteiger partial charge on any atom is 0.320 e. The van der Waals surface area contributed by atoms with Crippen LogP contribution in [-0.2, 0) is 10.0 Å². The first-order chi connectivity index (χ1) is 8.00. The number of carbonyl (C=O) groups excluding carboxylic acids is 1. The molecule has 0 spiro atoms. The Morgan fingerprint density at radius 3 is 2.53 bits per heavy atom. The Labute approximate surface area is 101 Å². The van der Waals surface area contributed by atoms with Gasteiger partial charge in [0.05, 0.1) is 11.3 Å². The van der Waals surface area contributed by atoms with Gasteiger partial charge in [-0.1, -0.05) is 0 Å². The topological polar surface area (TPSA) is 60.9 Å². The van der Waals surface area contributed by atoms with Gasteiger partial charge in [0, 0.05) is 33.2 Å². The van der Waals surface area contributed by atoms with E-state index >= 15 is 0 Å². The van der Waals surface area contributed by atoms with Gasteiger partial charge in [0.1, 0.15) is 0 Å². The number of amides is 2. The molecule has 1 atom stereocenters. The van der Waals surface area contributed by atoms with Crippen molar-refractivity contribution in [1.82, 2.24) is 14.1 Å². The van der Waals surface area contributed by atoms with E-state index < -0.39 is 10.0 Å². The minimum atomic E-state index is -3.09. The van der Waals surface area contributed by atoms with Gasteiger partial charge in [0.25, 0.3) is 0 Å². The molecule has 0 radical (unpaired) electrons. The van der Waals surface area contributed by atoms with Crippen LogP contribution in [0.3, 0.4) is 0 Å². The first-order valence-corrected chi connectivity index (χ1v) is 7.51. The molecule has 0 aromatic heterocycles. The molecule has 1 saturated carbocycles. The summed E-state index contributed by atoms with van der Waals surface area (Å²) in [6.07, 6.45) is 1.60. The minimum absolute atomic E-state index is 0.0264. The Morgan fingerprint density at radius 1 is 1.18 bits per heavy atom. The molecule has 0 aromatic rings. The third kappa shape index (κ3) is 1.72. The fourth-order valence-electron chi connectivity index (χ4n) is 2.66. The van der Waals surface area contributed by atoms with Gasteiger partial charge in [-0.25, -0.2) is 13.2 Å². The molecule has 2 aliphatic heterocycles. The molecule has 2 saturated heterocycles. The number of fused-ring (bicyclic) bond motifs is 1. The molecule has 3 rings (SSSR count). The molecule has 3 fully saturated rings. The predicted octanol–water partition coefficient (Wildman–Crippen LogP) is -0.470. The zero-order chi connectivity index (χ0) is 12.2. The number of nitrogens with zero attached hydrogens (tertiary/aromatic N) is 3. The third-order valence-corrected chi connectivity index (χ3v) is 6.17. The fraction of sp³-hybridized carbons (Fsp3) is 0.900. The van der Waals surface area contributed by atoms with Crippen molar-refractivity contribution in [2.24, 2.45) is 0 Å². The van der Waals surface area contributed by atoms with E-state index in [9.17, 15) is 13.2 Å². The number of sulfonamides is 1. The molecular weight excluding hydrogens is 242 g/mol. The Hall–Kier alpha value is -0.820. The molecule has 0 N–H and O–H groups in total. The van der Waals surface area contributed by atoms with E-state index in [1.54, 1.807) is 21.2 Å². The summed E-state index contributed by atoms with van der Waals surface area (Å²) in [7, 11) is -1.32. The average Bonchev–Trinajstić information content (AvgIpc) is 3.08. The minimum Gasteiger partial charge on any atom is -0.326 e. The van der Waals surface area contributed by atoms with Crippen LogP contribution >= 0.6 is 0 Å². The van der Waals surface area contributed by atoms with E-state index in [0.717, 1.165) is 12.8 Å². The SMILES string of the molecule is CN1CC2CN(S(=O)(=O)C3CC3)CCN2C1=O. The van der Waals surface area contributed by atoms with E-state index in [1.165, 1.54) is 0 Å². The second-order valence-electron chi connectivity index (χ2n) is 5.11. The second kappa shape index (κ2) is 3.58. The van der Waals surface area contributed by atoms with E-state index in [-0.39, 0.29) is 17.3 Å². The van der Waals surface area contributed by atoms with Crippen LogP contribution in [0.15, 0.2) is 0 Å². The molecule has 96 valence electrons. The van der Waals surface area contributed by atoms with Crippen molar-refractivity contribution < 1.29 is 13.2 Å². The summed E-state index contributed by atoms with van der Waals surface area (Å²) in [5.74, 6) is 0. The summed E-state index contributed by atoms with van der Waals surface area (Å²) in [5, 5.41) is -0.149. The Bertz CT molecular complexity index is 446. The van der Waals surface area contributed by atoms with Gasteiger partial charge in [-0.15, -0.1) is 0 Å². The monoisotopic (exact) mass is 259 g/mol. The van der Waals surface area contributed by atoms with Crippen LogP contribution in [0.5, 0.6) is 0 Å². The largest absolute Gasteiger partial charge is 0.326 e. The summed E-state index contributed by atoms with van der Waals surface area (Å²) in [6.45, 7) is 2.08. The first kappa shape index (κ1) is 11.3. The van der Waals surface area contributed by atoms with Crippen LogP contribution in [-0.4, -0.2) is 73.1 Å². The summed E-state index contributed by atoms with van der Waals surface area (Å²) in [5.41, 5.74) is 0.